The second-order valence-electron chi connectivity index (χ2n) is 5.08. The smallest absolute Gasteiger partial charge is 0.0236 e. The van der Waals surface area contributed by atoms with E-state index in [0.717, 1.165) is 13.0 Å². The van der Waals surface area contributed by atoms with Crippen LogP contribution in [0.3, 0.4) is 0 Å². The summed E-state index contributed by atoms with van der Waals surface area (Å²) < 4.78 is 0. The van der Waals surface area contributed by atoms with Crippen LogP contribution >= 0.6 is 0 Å². The van der Waals surface area contributed by atoms with Gasteiger partial charge in [0.1, 0.15) is 0 Å². The van der Waals surface area contributed by atoms with E-state index in [1.54, 1.807) is 0 Å². The van der Waals surface area contributed by atoms with Crippen molar-refractivity contribution < 1.29 is 0 Å². The maximum Gasteiger partial charge on any atom is 0.0236 e. The van der Waals surface area contributed by atoms with Crippen LogP contribution in [0.1, 0.15) is 33.1 Å². The fraction of sp³-hybridized carbons (Fsp3) is 0.500. The molecule has 0 aromatic carbocycles. The second kappa shape index (κ2) is 6.02. The number of likely N-dealkylation sites (tertiary alicyclic amines) is 1. The highest BCUT2D eigenvalue weighted by molar-refractivity contribution is 5.41. The van der Waals surface area contributed by atoms with Crippen molar-refractivity contribution in [3.63, 3.8) is 0 Å². The number of hydrogen-bond acceptors (Lipinski definition) is 1. The van der Waals surface area contributed by atoms with Gasteiger partial charge in [-0.25, -0.2) is 0 Å². The van der Waals surface area contributed by atoms with E-state index >= 15 is 0 Å². The molecule has 17 heavy (non-hydrogen) atoms. The van der Waals surface area contributed by atoms with E-state index in [-0.39, 0.29) is 0 Å². The molecule has 1 fully saturated rings. The Kier molecular flexibility index (Phi) is 4.38. The average molecular weight is 229 g/mol. The van der Waals surface area contributed by atoms with Gasteiger partial charge in [0.05, 0.1) is 0 Å². The minimum absolute atomic E-state index is 1.10. The van der Waals surface area contributed by atoms with Gasteiger partial charge < -0.3 is 0 Å². The van der Waals surface area contributed by atoms with Crippen LogP contribution in [0.5, 0.6) is 0 Å². The van der Waals surface area contributed by atoms with Gasteiger partial charge in [-0.2, -0.15) is 0 Å². The molecule has 0 amide bonds. The van der Waals surface area contributed by atoms with Crippen LogP contribution in [-0.4, -0.2) is 24.5 Å². The van der Waals surface area contributed by atoms with E-state index in [1.165, 1.54) is 42.7 Å². The predicted molar refractivity (Wildman–Crippen MR) is 75.0 cm³/mol. The molecule has 2 rings (SSSR count). The summed E-state index contributed by atoms with van der Waals surface area (Å²) in [4.78, 5) is 2.57. The minimum atomic E-state index is 1.10. The zero-order chi connectivity index (χ0) is 12.1. The van der Waals surface area contributed by atoms with Gasteiger partial charge in [-0.3, -0.25) is 4.90 Å². The molecule has 0 unspecified atom stereocenters. The van der Waals surface area contributed by atoms with Crippen molar-refractivity contribution in [2.24, 2.45) is 0 Å². The Bertz CT molecular complexity index is 376. The van der Waals surface area contributed by atoms with Crippen molar-refractivity contribution in [2.75, 3.05) is 19.6 Å². The van der Waals surface area contributed by atoms with Gasteiger partial charge in [-0.05, 0) is 57.3 Å². The van der Waals surface area contributed by atoms with E-state index in [1.807, 2.05) is 0 Å². The molecular formula is C16H23N. The maximum absolute atomic E-state index is 2.57. The summed E-state index contributed by atoms with van der Waals surface area (Å²) in [5, 5.41) is 0. The summed E-state index contributed by atoms with van der Waals surface area (Å²) in [5.74, 6) is 0. The normalized spacial score (nSPS) is 22.4. The van der Waals surface area contributed by atoms with Crippen LogP contribution in [0.2, 0.25) is 0 Å². The van der Waals surface area contributed by atoms with Gasteiger partial charge in [0, 0.05) is 6.54 Å². The van der Waals surface area contributed by atoms with Crippen LogP contribution in [0.15, 0.2) is 47.1 Å². The van der Waals surface area contributed by atoms with Crippen molar-refractivity contribution in [2.45, 2.75) is 33.1 Å². The lowest BCUT2D eigenvalue weighted by Gasteiger charge is -2.17. The maximum atomic E-state index is 2.57. The summed E-state index contributed by atoms with van der Waals surface area (Å²) >= 11 is 0. The van der Waals surface area contributed by atoms with Crippen molar-refractivity contribution in [3.05, 3.63) is 47.1 Å². The Morgan fingerprint density at radius 2 is 2.06 bits per heavy atom. The highest BCUT2D eigenvalue weighted by Gasteiger charge is 2.14. The number of hydrogen-bond donors (Lipinski definition) is 0. The van der Waals surface area contributed by atoms with Crippen LogP contribution in [-0.2, 0) is 0 Å². The molecule has 1 heteroatoms. The summed E-state index contributed by atoms with van der Waals surface area (Å²) in [6, 6.07) is 0. The van der Waals surface area contributed by atoms with Crippen LogP contribution < -0.4 is 0 Å². The Balaban J connectivity index is 2.16. The van der Waals surface area contributed by atoms with Gasteiger partial charge >= 0.3 is 0 Å². The fourth-order valence-corrected chi connectivity index (χ4v) is 2.61. The van der Waals surface area contributed by atoms with Crippen molar-refractivity contribution in [1.82, 2.24) is 4.90 Å². The molecule has 1 aliphatic heterocycles. The van der Waals surface area contributed by atoms with Crippen LogP contribution in [0.25, 0.3) is 0 Å². The molecule has 0 bridgehead atoms. The predicted octanol–water partition coefficient (Wildman–Crippen LogP) is 3.86. The lowest BCUT2D eigenvalue weighted by atomic mass is 10.0. The van der Waals surface area contributed by atoms with Gasteiger partial charge in [-0.15, -0.1) is 0 Å². The molecule has 1 saturated heterocycles. The first-order valence-corrected chi connectivity index (χ1v) is 6.70. The highest BCUT2D eigenvalue weighted by Crippen LogP contribution is 2.22. The minimum Gasteiger partial charge on any atom is -0.299 e. The highest BCUT2D eigenvalue weighted by atomic mass is 15.1. The molecule has 0 spiro atoms. The monoisotopic (exact) mass is 229 g/mol. The molecule has 0 atom stereocenters. The van der Waals surface area contributed by atoms with E-state index in [0.29, 0.717) is 0 Å². The molecule has 0 N–H and O–H groups in total. The molecule has 0 radical (unpaired) electrons. The summed E-state index contributed by atoms with van der Waals surface area (Å²) in [5.41, 5.74) is 4.44. The molecule has 0 aromatic heterocycles. The standard InChI is InChI=1S/C16H23N/c1-3-7-15-12-14(2)8-6-9-16(15)13-17-10-4-5-11-17/h3,6-9H,4-5,10-13H2,1-2H3/b7-3-. The molecular weight excluding hydrogens is 206 g/mol. The zero-order valence-corrected chi connectivity index (χ0v) is 11.1. The average Bonchev–Trinajstić information content (AvgIpc) is 2.74. The quantitative estimate of drug-likeness (QED) is 0.710. The van der Waals surface area contributed by atoms with E-state index in [9.17, 15) is 0 Å². The Hall–Kier alpha value is -1.08. The van der Waals surface area contributed by atoms with Crippen LogP contribution in [0.4, 0.5) is 0 Å². The Morgan fingerprint density at radius 1 is 1.29 bits per heavy atom. The summed E-state index contributed by atoms with van der Waals surface area (Å²) in [6.45, 7) is 7.98. The van der Waals surface area contributed by atoms with E-state index in [2.05, 4.69) is 49.1 Å². The second-order valence-corrected chi connectivity index (χ2v) is 5.08. The molecule has 2 aliphatic rings. The van der Waals surface area contributed by atoms with Gasteiger partial charge in [0.25, 0.3) is 0 Å². The molecule has 1 heterocycles. The fourth-order valence-electron chi connectivity index (χ4n) is 2.61. The SMILES string of the molecule is C/C=C\C1=C(CN2CCCC2)C=CC=C(C)C1. The third-order valence-corrected chi connectivity index (χ3v) is 3.52. The van der Waals surface area contributed by atoms with E-state index in [4.69, 9.17) is 0 Å². The van der Waals surface area contributed by atoms with Crippen molar-refractivity contribution in [1.29, 1.82) is 0 Å². The number of rotatable bonds is 3. The summed E-state index contributed by atoms with van der Waals surface area (Å²) in [6.07, 6.45) is 15.0. The molecule has 0 aromatic rings. The van der Waals surface area contributed by atoms with Crippen LogP contribution in [0, 0.1) is 0 Å². The first-order chi connectivity index (χ1) is 8.29. The summed E-state index contributed by atoms with van der Waals surface area (Å²) in [7, 11) is 0. The Morgan fingerprint density at radius 3 is 2.76 bits per heavy atom. The van der Waals surface area contributed by atoms with Gasteiger partial charge in [-0.1, -0.05) is 36.0 Å². The lowest BCUT2D eigenvalue weighted by molar-refractivity contribution is 0.370. The van der Waals surface area contributed by atoms with Crippen molar-refractivity contribution in [3.8, 4) is 0 Å². The first-order valence-electron chi connectivity index (χ1n) is 6.70. The van der Waals surface area contributed by atoms with Gasteiger partial charge in [0.2, 0.25) is 0 Å². The topological polar surface area (TPSA) is 3.24 Å². The zero-order valence-electron chi connectivity index (χ0n) is 11.1. The lowest BCUT2D eigenvalue weighted by Crippen LogP contribution is -2.22. The molecule has 0 saturated carbocycles. The number of nitrogens with zero attached hydrogens (tertiary/aromatic N) is 1. The third kappa shape index (κ3) is 3.44. The molecule has 92 valence electrons. The van der Waals surface area contributed by atoms with E-state index < -0.39 is 0 Å². The first kappa shape index (κ1) is 12.4. The third-order valence-electron chi connectivity index (χ3n) is 3.52. The number of allylic oxidation sites excluding steroid dienone is 6. The van der Waals surface area contributed by atoms with Gasteiger partial charge in [0.15, 0.2) is 0 Å². The van der Waals surface area contributed by atoms with Crippen molar-refractivity contribution >= 4 is 0 Å². The molecule has 1 aliphatic carbocycles. The Labute approximate surface area is 105 Å². The molecule has 1 nitrogen and oxygen atoms in total. The largest absolute Gasteiger partial charge is 0.299 e.